The molecular formula is C52H56N8O8S. The van der Waals surface area contributed by atoms with Gasteiger partial charge in [0.05, 0.1) is 64.1 Å². The molecule has 5 aromatic rings. The first-order valence-corrected chi connectivity index (χ1v) is 24.3. The molecule has 9 rings (SSSR count). The Balaban J connectivity index is 0.724. The number of pyridine rings is 1. The number of hydrogen-bond acceptors (Lipinski definition) is 12. The number of imide groups is 1. The number of aliphatic hydroxyl groups excluding tert-OH is 1. The Bertz CT molecular complexity index is 2790. The molecule has 5 N–H and O–H groups in total. The fourth-order valence-corrected chi connectivity index (χ4v) is 10.9. The number of β-amino-alcohol motifs (C(OH)–C–C–N with tert-alkyl or cyclic N) is 1. The zero-order valence-electron chi connectivity index (χ0n) is 38.9. The number of carbonyl (C=O) groups is 6. The van der Waals surface area contributed by atoms with Gasteiger partial charge in [-0.15, -0.1) is 11.3 Å². The van der Waals surface area contributed by atoms with Crippen molar-refractivity contribution < 1.29 is 38.6 Å². The van der Waals surface area contributed by atoms with Crippen LogP contribution >= 0.6 is 11.3 Å². The van der Waals surface area contributed by atoms with Crippen LogP contribution in [0.1, 0.15) is 61.6 Å². The number of fused-ring (bicyclic) bond motifs is 6. The number of amides is 6. The second-order valence-electron chi connectivity index (χ2n) is 19.3. The van der Waals surface area contributed by atoms with Gasteiger partial charge >= 0.3 is 0 Å². The lowest BCUT2D eigenvalue weighted by molar-refractivity contribution is -0.143. The summed E-state index contributed by atoms with van der Waals surface area (Å²) in [6, 6.07) is 19.5. The molecule has 4 aliphatic rings. The Morgan fingerprint density at radius 1 is 0.884 bits per heavy atom. The van der Waals surface area contributed by atoms with Crippen LogP contribution in [0.3, 0.4) is 0 Å². The molecule has 2 bridgehead atoms. The number of aliphatic hydroxyl groups is 1. The van der Waals surface area contributed by atoms with E-state index >= 15 is 0 Å². The van der Waals surface area contributed by atoms with Gasteiger partial charge in [0.15, 0.2) is 0 Å². The van der Waals surface area contributed by atoms with Gasteiger partial charge < -0.3 is 36.0 Å². The van der Waals surface area contributed by atoms with E-state index in [0.717, 1.165) is 33.5 Å². The van der Waals surface area contributed by atoms with Gasteiger partial charge in [-0.05, 0) is 90.3 Å². The Morgan fingerprint density at radius 2 is 1.61 bits per heavy atom. The molecule has 2 aliphatic heterocycles. The first-order chi connectivity index (χ1) is 33.2. The molecule has 2 aliphatic carbocycles. The standard InChI is InChI=1S/C52H56N8O8S/c1-29-45(69-28-55-29)30-10-14-35(15-11-30)56-48(64)40-25-37(61)27-59(40)51(67)46(52(2,3)4)58-41(62)19-22-68-23-21-53-26-34-18-20-54-44-38(34)6-5-7-39(44)57-47(63)31-12-16-36(17-13-31)60-49(65)42-32-8-9-33(24-32)43(42)50(60)66/h5-18,20,28,32-33,37,40,42-43,46,53,61H,19,21-27H2,1-4H3,(H,56,64)(H,57,63)(H,58,62)/t32?,33?,37-,40+,42?,43?,46?/m1/s1. The van der Waals surface area contributed by atoms with Crippen molar-refractivity contribution in [3.63, 3.8) is 0 Å². The van der Waals surface area contributed by atoms with Crippen LogP contribution in [0.5, 0.6) is 0 Å². The predicted octanol–water partition coefficient (Wildman–Crippen LogP) is 5.86. The molecule has 6 amide bonds. The minimum atomic E-state index is -0.960. The van der Waals surface area contributed by atoms with Crippen LogP contribution in [0.4, 0.5) is 17.1 Å². The van der Waals surface area contributed by atoms with Crippen molar-refractivity contribution in [1.82, 2.24) is 25.5 Å². The Kier molecular flexibility index (Phi) is 13.6. The number of ether oxygens (including phenoxy) is 1. The zero-order valence-corrected chi connectivity index (χ0v) is 39.8. The fraction of sp³-hybridized carbons (Fsp3) is 0.385. The highest BCUT2D eigenvalue weighted by molar-refractivity contribution is 7.13. The van der Waals surface area contributed by atoms with E-state index in [0.29, 0.717) is 47.8 Å². The molecule has 4 heterocycles. The summed E-state index contributed by atoms with van der Waals surface area (Å²) >= 11 is 1.54. The highest BCUT2D eigenvalue weighted by Gasteiger charge is 2.59. The number of allylic oxidation sites excluding steroid dienone is 2. The Hall–Kier alpha value is -6.66. The number of aromatic nitrogens is 2. The highest BCUT2D eigenvalue weighted by Crippen LogP contribution is 2.53. The summed E-state index contributed by atoms with van der Waals surface area (Å²) in [5.41, 5.74) is 6.48. The molecule has 16 nitrogen and oxygen atoms in total. The summed E-state index contributed by atoms with van der Waals surface area (Å²) in [7, 11) is 0. The number of nitrogens with one attached hydrogen (secondary N) is 4. The van der Waals surface area contributed by atoms with Gasteiger partial charge in [0.2, 0.25) is 29.5 Å². The van der Waals surface area contributed by atoms with Crippen molar-refractivity contribution in [2.75, 3.05) is 41.8 Å². The van der Waals surface area contributed by atoms with Gasteiger partial charge in [0.1, 0.15) is 12.1 Å². The van der Waals surface area contributed by atoms with E-state index in [1.807, 2.05) is 58.0 Å². The number of para-hydroxylation sites is 1. The number of anilines is 3. The van der Waals surface area contributed by atoms with Crippen molar-refractivity contribution in [3.8, 4) is 10.4 Å². The number of aryl methyl sites for hydroxylation is 1. The van der Waals surface area contributed by atoms with E-state index in [-0.39, 0.29) is 73.3 Å². The lowest BCUT2D eigenvalue weighted by atomic mass is 9.85. The van der Waals surface area contributed by atoms with Crippen molar-refractivity contribution in [2.45, 2.75) is 71.7 Å². The number of benzene rings is 3. The van der Waals surface area contributed by atoms with Crippen molar-refractivity contribution in [1.29, 1.82) is 0 Å². The van der Waals surface area contributed by atoms with Crippen LogP contribution in [-0.2, 0) is 35.3 Å². The van der Waals surface area contributed by atoms with Crippen LogP contribution < -0.4 is 26.2 Å². The van der Waals surface area contributed by atoms with Gasteiger partial charge in [-0.1, -0.05) is 57.2 Å². The van der Waals surface area contributed by atoms with E-state index < -0.39 is 35.4 Å². The number of hydrogen-bond donors (Lipinski definition) is 5. The van der Waals surface area contributed by atoms with Crippen molar-refractivity contribution in [3.05, 3.63) is 113 Å². The smallest absolute Gasteiger partial charge is 0.255 e. The molecule has 5 unspecified atom stereocenters. The molecule has 17 heteroatoms. The first kappa shape index (κ1) is 47.4. The molecule has 69 heavy (non-hydrogen) atoms. The third-order valence-electron chi connectivity index (χ3n) is 13.6. The Morgan fingerprint density at radius 3 is 2.29 bits per heavy atom. The number of carbonyl (C=O) groups excluding carboxylic acids is 6. The quantitative estimate of drug-likeness (QED) is 0.0449. The van der Waals surface area contributed by atoms with Gasteiger partial charge in [0.25, 0.3) is 5.91 Å². The molecule has 0 spiro atoms. The van der Waals surface area contributed by atoms with Crippen molar-refractivity contribution >= 4 is 74.7 Å². The molecule has 358 valence electrons. The molecule has 3 fully saturated rings. The average molecular weight is 953 g/mol. The topological polar surface area (TPSA) is 212 Å². The summed E-state index contributed by atoms with van der Waals surface area (Å²) in [6.07, 6.45) is 5.86. The van der Waals surface area contributed by atoms with Gasteiger partial charge in [-0.25, -0.2) is 4.98 Å². The number of likely N-dealkylation sites (tertiary alicyclic amines) is 1. The van der Waals surface area contributed by atoms with E-state index in [1.54, 1.807) is 54.2 Å². The SMILES string of the molecule is Cc1ncsc1-c1ccc(NC(=O)[C@@H]2C[C@@H](O)CN2C(=O)C(NC(=O)CCOCCNCc2ccnc3c(NC(=O)c4ccc(N5C(=O)C6C7C=CC(C7)C6C5=O)cc4)cccc23)C(C)(C)C)cc1. The van der Waals surface area contributed by atoms with Crippen LogP contribution in [0, 0.1) is 36.0 Å². The van der Waals surface area contributed by atoms with E-state index in [1.165, 1.54) is 21.1 Å². The third-order valence-corrected chi connectivity index (χ3v) is 14.6. The minimum Gasteiger partial charge on any atom is -0.391 e. The molecule has 0 radical (unpaired) electrons. The molecule has 7 atom stereocenters. The van der Waals surface area contributed by atoms with E-state index in [9.17, 15) is 33.9 Å². The van der Waals surface area contributed by atoms with E-state index in [4.69, 9.17) is 4.74 Å². The molecule has 2 aromatic heterocycles. The fourth-order valence-electron chi connectivity index (χ4n) is 10.1. The van der Waals surface area contributed by atoms with E-state index in [2.05, 4.69) is 43.4 Å². The van der Waals surface area contributed by atoms with Crippen LogP contribution in [0.25, 0.3) is 21.3 Å². The average Bonchev–Trinajstić information content (AvgIpc) is 4.18. The molecular weight excluding hydrogens is 897 g/mol. The first-order valence-electron chi connectivity index (χ1n) is 23.4. The number of nitrogens with zero attached hydrogens (tertiary/aromatic N) is 4. The maximum Gasteiger partial charge on any atom is 0.255 e. The summed E-state index contributed by atoms with van der Waals surface area (Å²) in [5, 5.41) is 23.6. The number of thiazole rings is 1. The maximum atomic E-state index is 14.1. The molecule has 3 aromatic carbocycles. The molecule has 2 saturated heterocycles. The second kappa shape index (κ2) is 19.7. The van der Waals surface area contributed by atoms with Gasteiger partial charge in [-0.2, -0.15) is 0 Å². The normalized spacial score (nSPS) is 22.0. The lowest BCUT2D eigenvalue weighted by Crippen LogP contribution is -2.57. The second-order valence-corrected chi connectivity index (χ2v) is 20.2. The summed E-state index contributed by atoms with van der Waals surface area (Å²) in [5.74, 6) is -2.28. The maximum absolute atomic E-state index is 14.1. The van der Waals surface area contributed by atoms with Gasteiger partial charge in [-0.3, -0.25) is 38.7 Å². The lowest BCUT2D eigenvalue weighted by Gasteiger charge is -2.35. The summed E-state index contributed by atoms with van der Waals surface area (Å²) in [6.45, 7) is 8.81. The van der Waals surface area contributed by atoms with Crippen LogP contribution in [0.2, 0.25) is 0 Å². The summed E-state index contributed by atoms with van der Waals surface area (Å²) < 4.78 is 5.78. The largest absolute Gasteiger partial charge is 0.391 e. The van der Waals surface area contributed by atoms with Crippen LogP contribution in [-0.4, -0.2) is 99.9 Å². The summed E-state index contributed by atoms with van der Waals surface area (Å²) in [4.78, 5) is 93.3. The molecule has 1 saturated carbocycles. The van der Waals surface area contributed by atoms with Crippen LogP contribution in [0.15, 0.2) is 96.7 Å². The monoisotopic (exact) mass is 952 g/mol. The zero-order chi connectivity index (χ0) is 48.6. The Labute approximate surface area is 403 Å². The van der Waals surface area contributed by atoms with Crippen molar-refractivity contribution in [2.24, 2.45) is 29.1 Å². The number of rotatable bonds is 16. The minimum absolute atomic E-state index is 0.00833. The third kappa shape index (κ3) is 9.82. The predicted molar refractivity (Wildman–Crippen MR) is 262 cm³/mol. The van der Waals surface area contributed by atoms with Gasteiger partial charge in [0, 0.05) is 55.3 Å². The highest BCUT2D eigenvalue weighted by atomic mass is 32.1.